The number of benzene rings is 1. The summed E-state index contributed by atoms with van der Waals surface area (Å²) in [6, 6.07) is 9.95. The molecule has 1 aromatic rings. The van der Waals surface area contributed by atoms with Crippen molar-refractivity contribution in [1.82, 2.24) is 0 Å². The van der Waals surface area contributed by atoms with Crippen molar-refractivity contribution in [3.8, 4) is 0 Å². The van der Waals surface area contributed by atoms with Gasteiger partial charge in [-0.25, -0.2) is 0 Å². The average Bonchev–Trinajstić information content (AvgIpc) is 2.66. The van der Waals surface area contributed by atoms with Gasteiger partial charge in [0, 0.05) is 5.69 Å². The highest BCUT2D eigenvalue weighted by Crippen LogP contribution is 2.58. The number of carbonyl (C=O) groups is 1. The van der Waals surface area contributed by atoms with Gasteiger partial charge in [0.05, 0.1) is 5.41 Å². The summed E-state index contributed by atoms with van der Waals surface area (Å²) in [6.07, 6.45) is 8.91. The molecule has 1 N–H and O–H groups in total. The van der Waals surface area contributed by atoms with E-state index in [2.05, 4.69) is 5.32 Å². The van der Waals surface area contributed by atoms with Crippen molar-refractivity contribution in [3.63, 3.8) is 0 Å². The normalized spacial score (nSPS) is 38.5. The van der Waals surface area contributed by atoms with Gasteiger partial charge in [-0.15, -0.1) is 0 Å². The molecule has 2 unspecified atom stereocenters. The maximum absolute atomic E-state index is 12.9. The molecule has 0 radical (unpaired) electrons. The van der Waals surface area contributed by atoms with Gasteiger partial charge in [-0.2, -0.15) is 0 Å². The molecule has 4 aliphatic carbocycles. The number of amides is 1. The molecule has 0 aromatic heterocycles. The lowest BCUT2D eigenvalue weighted by atomic mass is 9.58. The van der Waals surface area contributed by atoms with Gasteiger partial charge >= 0.3 is 0 Å². The van der Waals surface area contributed by atoms with Gasteiger partial charge in [-0.05, 0) is 62.0 Å². The number of fused-ring (bicyclic) bond motifs is 1. The van der Waals surface area contributed by atoms with E-state index < -0.39 is 0 Å². The molecular weight excluding hydrogens is 246 g/mol. The number of para-hydroxylation sites is 1. The van der Waals surface area contributed by atoms with Crippen LogP contribution in [0.4, 0.5) is 5.69 Å². The summed E-state index contributed by atoms with van der Waals surface area (Å²) in [7, 11) is 0. The van der Waals surface area contributed by atoms with Gasteiger partial charge in [0.15, 0.2) is 0 Å². The van der Waals surface area contributed by atoms with E-state index in [1.807, 2.05) is 30.3 Å². The first-order valence-electron chi connectivity index (χ1n) is 8.10. The molecule has 1 amide bonds. The van der Waals surface area contributed by atoms with Crippen LogP contribution in [0.15, 0.2) is 30.3 Å². The number of nitrogens with one attached hydrogen (secondary N) is 1. The molecule has 0 aliphatic heterocycles. The Hall–Kier alpha value is -1.31. The molecule has 5 rings (SSSR count). The van der Waals surface area contributed by atoms with Crippen LogP contribution >= 0.6 is 0 Å². The van der Waals surface area contributed by atoms with Crippen molar-refractivity contribution >= 4 is 11.6 Å². The van der Waals surface area contributed by atoms with Crippen LogP contribution in [0, 0.1) is 23.2 Å². The van der Waals surface area contributed by atoms with Gasteiger partial charge in [0.2, 0.25) is 5.91 Å². The Balaban J connectivity index is 1.59. The SMILES string of the molecule is O=C(Nc1ccccc1)C12CC3CCC(CC(C3)C1)C2. The molecule has 4 bridgehead atoms. The van der Waals surface area contributed by atoms with Crippen molar-refractivity contribution in [1.29, 1.82) is 0 Å². The second-order valence-electron chi connectivity index (χ2n) is 7.36. The molecule has 0 heterocycles. The molecular formula is C18H23NO. The Bertz CT molecular complexity index is 493. The topological polar surface area (TPSA) is 29.1 Å². The Morgan fingerprint density at radius 1 is 0.950 bits per heavy atom. The first-order valence-corrected chi connectivity index (χ1v) is 8.10. The molecule has 1 aromatic carbocycles. The third-order valence-corrected chi connectivity index (χ3v) is 5.87. The summed E-state index contributed by atoms with van der Waals surface area (Å²) in [5, 5.41) is 3.19. The van der Waals surface area contributed by atoms with Crippen molar-refractivity contribution in [2.75, 3.05) is 5.32 Å². The Morgan fingerprint density at radius 2 is 1.55 bits per heavy atom. The third kappa shape index (κ3) is 2.06. The highest BCUT2D eigenvalue weighted by atomic mass is 16.2. The lowest BCUT2D eigenvalue weighted by molar-refractivity contribution is -0.132. The molecule has 4 aliphatic rings. The maximum Gasteiger partial charge on any atom is 0.230 e. The average molecular weight is 269 g/mol. The van der Waals surface area contributed by atoms with Crippen LogP contribution in [-0.2, 0) is 4.79 Å². The van der Waals surface area contributed by atoms with E-state index in [-0.39, 0.29) is 5.41 Å². The minimum Gasteiger partial charge on any atom is -0.326 e. The third-order valence-electron chi connectivity index (χ3n) is 5.87. The van der Waals surface area contributed by atoms with E-state index in [4.69, 9.17) is 0 Å². The number of carbonyl (C=O) groups excluding carboxylic acids is 1. The van der Waals surface area contributed by atoms with Crippen LogP contribution in [0.5, 0.6) is 0 Å². The zero-order valence-electron chi connectivity index (χ0n) is 12.0. The van der Waals surface area contributed by atoms with Crippen LogP contribution in [0.1, 0.15) is 44.9 Å². The summed E-state index contributed by atoms with van der Waals surface area (Å²) >= 11 is 0. The second-order valence-corrected chi connectivity index (χ2v) is 7.36. The van der Waals surface area contributed by atoms with Crippen LogP contribution < -0.4 is 5.32 Å². The maximum atomic E-state index is 12.9. The first kappa shape index (κ1) is 12.4. The van der Waals surface area contributed by atoms with Crippen LogP contribution in [0.2, 0.25) is 0 Å². The molecule has 0 saturated heterocycles. The number of hydrogen-bond donors (Lipinski definition) is 1. The van der Waals surface area contributed by atoms with Crippen LogP contribution in [0.25, 0.3) is 0 Å². The number of anilines is 1. The highest BCUT2D eigenvalue weighted by Gasteiger charge is 2.52. The summed E-state index contributed by atoms with van der Waals surface area (Å²) in [4.78, 5) is 12.9. The molecule has 0 spiro atoms. The molecule has 2 nitrogen and oxygen atoms in total. The predicted octanol–water partition coefficient (Wildman–Crippen LogP) is 4.23. The summed E-state index contributed by atoms with van der Waals surface area (Å²) < 4.78 is 0. The lowest BCUT2D eigenvalue weighted by Gasteiger charge is -2.47. The molecule has 20 heavy (non-hydrogen) atoms. The molecule has 4 fully saturated rings. The molecule has 106 valence electrons. The van der Waals surface area contributed by atoms with Crippen molar-refractivity contribution in [3.05, 3.63) is 30.3 Å². The number of hydrogen-bond acceptors (Lipinski definition) is 1. The fraction of sp³-hybridized carbons (Fsp3) is 0.611. The zero-order chi connectivity index (χ0) is 13.6. The minimum absolute atomic E-state index is 0.0527. The van der Waals surface area contributed by atoms with Gasteiger partial charge < -0.3 is 5.32 Å². The second kappa shape index (κ2) is 4.61. The Labute approximate surface area is 121 Å². The van der Waals surface area contributed by atoms with E-state index >= 15 is 0 Å². The number of rotatable bonds is 2. The predicted molar refractivity (Wildman–Crippen MR) is 80.3 cm³/mol. The van der Waals surface area contributed by atoms with Gasteiger partial charge in [-0.3, -0.25) is 4.79 Å². The minimum atomic E-state index is -0.0527. The van der Waals surface area contributed by atoms with Gasteiger partial charge in [-0.1, -0.05) is 31.0 Å². The standard InChI is InChI=1S/C18H23NO/c20-17(19-16-4-2-1-3-5-16)18-10-13-6-7-14(11-18)9-15(8-13)12-18/h1-5,13-15H,6-12H2,(H,19,20). The molecule has 2 heteroatoms. The summed E-state index contributed by atoms with van der Waals surface area (Å²) in [5.41, 5.74) is 0.898. The monoisotopic (exact) mass is 269 g/mol. The molecule has 2 atom stereocenters. The van der Waals surface area contributed by atoms with Crippen molar-refractivity contribution in [2.45, 2.75) is 44.9 Å². The van der Waals surface area contributed by atoms with Crippen molar-refractivity contribution < 1.29 is 4.79 Å². The zero-order valence-corrected chi connectivity index (χ0v) is 12.0. The summed E-state index contributed by atoms with van der Waals surface area (Å²) in [5.74, 6) is 2.73. The lowest BCUT2D eigenvalue weighted by Crippen LogP contribution is -2.45. The highest BCUT2D eigenvalue weighted by molar-refractivity contribution is 5.95. The Morgan fingerprint density at radius 3 is 2.20 bits per heavy atom. The first-order chi connectivity index (χ1) is 9.73. The van der Waals surface area contributed by atoms with E-state index in [9.17, 15) is 4.79 Å². The smallest absolute Gasteiger partial charge is 0.230 e. The van der Waals surface area contributed by atoms with E-state index in [0.29, 0.717) is 5.91 Å². The Kier molecular flexibility index (Phi) is 2.87. The van der Waals surface area contributed by atoms with Gasteiger partial charge in [0.1, 0.15) is 0 Å². The van der Waals surface area contributed by atoms with E-state index in [1.54, 1.807) is 0 Å². The van der Waals surface area contributed by atoms with E-state index in [1.165, 1.54) is 25.7 Å². The van der Waals surface area contributed by atoms with Crippen LogP contribution in [0.3, 0.4) is 0 Å². The van der Waals surface area contributed by atoms with Crippen LogP contribution in [-0.4, -0.2) is 5.91 Å². The van der Waals surface area contributed by atoms with E-state index in [0.717, 1.165) is 42.7 Å². The summed E-state index contributed by atoms with van der Waals surface area (Å²) in [6.45, 7) is 0. The largest absolute Gasteiger partial charge is 0.326 e. The fourth-order valence-corrected chi connectivity index (χ4v) is 5.25. The molecule has 4 saturated carbocycles. The van der Waals surface area contributed by atoms with Gasteiger partial charge in [0.25, 0.3) is 0 Å². The van der Waals surface area contributed by atoms with Crippen molar-refractivity contribution in [2.24, 2.45) is 23.2 Å². The fourth-order valence-electron chi connectivity index (χ4n) is 5.25. The quantitative estimate of drug-likeness (QED) is 0.855.